The molecule has 0 bridgehead atoms. The van der Waals surface area contributed by atoms with Gasteiger partial charge in [-0.15, -0.1) is 0 Å². The smallest absolute Gasteiger partial charge is 0.253 e. The molecule has 0 radical (unpaired) electrons. The van der Waals surface area contributed by atoms with Crippen LogP contribution < -0.4 is 5.32 Å². The van der Waals surface area contributed by atoms with Gasteiger partial charge < -0.3 is 24.8 Å². The Kier molecular flexibility index (Phi) is 5.87. The van der Waals surface area contributed by atoms with Gasteiger partial charge in [0.25, 0.3) is 5.91 Å². The molecule has 4 rings (SSSR count). The van der Waals surface area contributed by atoms with Crippen molar-refractivity contribution in [3.8, 4) is 0 Å². The maximum Gasteiger partial charge on any atom is 0.253 e. The van der Waals surface area contributed by atoms with E-state index >= 15 is 0 Å². The zero-order valence-electron chi connectivity index (χ0n) is 16.9. The Bertz CT molecular complexity index is 780. The summed E-state index contributed by atoms with van der Waals surface area (Å²) in [6.45, 7) is 7.21. The van der Waals surface area contributed by atoms with E-state index in [1.165, 1.54) is 0 Å². The summed E-state index contributed by atoms with van der Waals surface area (Å²) < 4.78 is 10.8. The number of carbonyl (C=O) groups excluding carboxylic acids is 2. The van der Waals surface area contributed by atoms with Crippen molar-refractivity contribution in [1.29, 1.82) is 0 Å². The zero-order valence-corrected chi connectivity index (χ0v) is 16.9. The summed E-state index contributed by atoms with van der Waals surface area (Å²) in [6, 6.07) is 5.41. The Morgan fingerprint density at radius 1 is 1.28 bits per heavy atom. The van der Waals surface area contributed by atoms with Crippen LogP contribution in [0.2, 0.25) is 0 Å². The summed E-state index contributed by atoms with van der Waals surface area (Å²) in [5.41, 5.74) is 1.78. The number of fused-ring (bicyclic) bond motifs is 1. The van der Waals surface area contributed by atoms with Crippen LogP contribution in [0.3, 0.4) is 0 Å². The first-order valence-corrected chi connectivity index (χ1v) is 10.2. The Morgan fingerprint density at radius 3 is 2.79 bits per heavy atom. The van der Waals surface area contributed by atoms with Gasteiger partial charge in [0.1, 0.15) is 0 Å². The van der Waals surface area contributed by atoms with E-state index in [0.29, 0.717) is 57.3 Å². The molecule has 3 aliphatic heterocycles. The summed E-state index contributed by atoms with van der Waals surface area (Å²) >= 11 is 0. The molecule has 0 aromatic heterocycles. The normalized spacial score (nSPS) is 27.1. The summed E-state index contributed by atoms with van der Waals surface area (Å²) in [5, 5.41) is 12.8. The third-order valence-electron chi connectivity index (χ3n) is 6.35. The van der Waals surface area contributed by atoms with Crippen LogP contribution in [0.1, 0.15) is 15.9 Å². The highest BCUT2D eigenvalue weighted by molar-refractivity contribution is 5.98. The van der Waals surface area contributed by atoms with Crippen LogP contribution in [-0.4, -0.2) is 92.5 Å². The Balaban J connectivity index is 1.42. The van der Waals surface area contributed by atoms with Crippen molar-refractivity contribution in [3.63, 3.8) is 0 Å². The second-order valence-corrected chi connectivity index (χ2v) is 8.38. The van der Waals surface area contributed by atoms with Gasteiger partial charge in [0.2, 0.25) is 5.91 Å². The average Bonchev–Trinajstić information content (AvgIpc) is 3.27. The molecule has 0 saturated carbocycles. The van der Waals surface area contributed by atoms with Crippen molar-refractivity contribution >= 4 is 17.5 Å². The first-order chi connectivity index (χ1) is 14.0. The molecule has 8 nitrogen and oxygen atoms in total. The highest BCUT2D eigenvalue weighted by atomic mass is 16.5. The maximum atomic E-state index is 13.1. The quantitative estimate of drug-likeness (QED) is 0.737. The summed E-state index contributed by atoms with van der Waals surface area (Å²) in [5.74, 6) is 0.0113. The van der Waals surface area contributed by atoms with E-state index in [4.69, 9.17) is 9.47 Å². The van der Waals surface area contributed by atoms with E-state index in [0.717, 1.165) is 18.7 Å². The number of rotatable bonds is 5. The van der Waals surface area contributed by atoms with E-state index in [1.807, 2.05) is 13.0 Å². The Labute approximate surface area is 170 Å². The van der Waals surface area contributed by atoms with Gasteiger partial charge in [0.05, 0.1) is 39.6 Å². The van der Waals surface area contributed by atoms with Crippen molar-refractivity contribution in [2.24, 2.45) is 11.3 Å². The van der Waals surface area contributed by atoms with Crippen molar-refractivity contribution in [1.82, 2.24) is 9.80 Å². The Morgan fingerprint density at radius 2 is 2.07 bits per heavy atom. The fourth-order valence-electron chi connectivity index (χ4n) is 4.43. The molecule has 0 aliphatic carbocycles. The Hall–Kier alpha value is -2.00. The molecule has 3 saturated heterocycles. The van der Waals surface area contributed by atoms with E-state index in [9.17, 15) is 14.7 Å². The van der Waals surface area contributed by atoms with Gasteiger partial charge in [-0.3, -0.25) is 14.5 Å². The molecule has 8 heteroatoms. The zero-order chi connectivity index (χ0) is 20.4. The van der Waals surface area contributed by atoms with E-state index in [-0.39, 0.29) is 29.8 Å². The predicted molar refractivity (Wildman–Crippen MR) is 107 cm³/mol. The van der Waals surface area contributed by atoms with E-state index in [2.05, 4.69) is 10.2 Å². The molecule has 1 aromatic carbocycles. The van der Waals surface area contributed by atoms with Crippen molar-refractivity contribution in [2.45, 2.75) is 6.92 Å². The number of aryl methyl sites for hydroxylation is 1. The van der Waals surface area contributed by atoms with Crippen LogP contribution in [0, 0.1) is 18.3 Å². The number of benzene rings is 1. The molecular formula is C21H29N3O5. The number of aliphatic hydroxyl groups is 1. The number of amides is 2. The largest absolute Gasteiger partial charge is 0.396 e. The van der Waals surface area contributed by atoms with Crippen LogP contribution in [0.25, 0.3) is 0 Å². The molecule has 158 valence electrons. The van der Waals surface area contributed by atoms with Crippen LogP contribution in [-0.2, 0) is 14.3 Å². The first kappa shape index (κ1) is 20.3. The van der Waals surface area contributed by atoms with Crippen LogP contribution >= 0.6 is 0 Å². The molecule has 3 heterocycles. The number of nitrogens with zero attached hydrogens (tertiary/aromatic N) is 2. The molecule has 29 heavy (non-hydrogen) atoms. The molecule has 3 fully saturated rings. The number of aliphatic hydroxyl groups excluding tert-OH is 1. The summed E-state index contributed by atoms with van der Waals surface area (Å²) in [4.78, 5) is 29.4. The lowest BCUT2D eigenvalue weighted by molar-refractivity contribution is -0.118. The predicted octanol–water partition coefficient (Wildman–Crippen LogP) is 0.347. The van der Waals surface area contributed by atoms with Crippen molar-refractivity contribution in [3.05, 3.63) is 29.3 Å². The third kappa shape index (κ3) is 4.16. The molecular weight excluding hydrogens is 374 g/mol. The van der Waals surface area contributed by atoms with Gasteiger partial charge in [0, 0.05) is 48.8 Å². The number of morpholine rings is 1. The van der Waals surface area contributed by atoms with Crippen molar-refractivity contribution in [2.75, 3.05) is 71.1 Å². The fourth-order valence-corrected chi connectivity index (χ4v) is 4.43. The van der Waals surface area contributed by atoms with Crippen LogP contribution in [0.5, 0.6) is 0 Å². The van der Waals surface area contributed by atoms with Crippen LogP contribution in [0.4, 0.5) is 5.69 Å². The van der Waals surface area contributed by atoms with Gasteiger partial charge in [-0.2, -0.15) is 0 Å². The number of hydrogen-bond acceptors (Lipinski definition) is 6. The lowest BCUT2D eigenvalue weighted by Crippen LogP contribution is -2.41. The van der Waals surface area contributed by atoms with Gasteiger partial charge in [-0.05, 0) is 24.6 Å². The molecule has 0 spiro atoms. The molecule has 2 amide bonds. The van der Waals surface area contributed by atoms with E-state index < -0.39 is 0 Å². The molecule has 2 atom stereocenters. The first-order valence-electron chi connectivity index (χ1n) is 10.2. The highest BCUT2D eigenvalue weighted by Gasteiger charge is 2.51. The lowest BCUT2D eigenvalue weighted by Gasteiger charge is -2.26. The fraction of sp³-hybridized carbons (Fsp3) is 0.619. The molecule has 0 unspecified atom stereocenters. The minimum absolute atomic E-state index is 0.0260. The minimum atomic E-state index is -0.338. The summed E-state index contributed by atoms with van der Waals surface area (Å²) in [6.07, 6.45) is 0. The SMILES string of the molecule is Cc1ccc(C(=O)N2C[C@H]3COC[C@@]3(CO)C2)cc1NC(=O)CN1CCOCC1. The van der Waals surface area contributed by atoms with Gasteiger partial charge in [0.15, 0.2) is 0 Å². The number of ether oxygens (including phenoxy) is 2. The van der Waals surface area contributed by atoms with E-state index in [1.54, 1.807) is 17.0 Å². The lowest BCUT2D eigenvalue weighted by atomic mass is 9.82. The average molecular weight is 403 g/mol. The number of carbonyl (C=O) groups is 2. The summed E-state index contributed by atoms with van der Waals surface area (Å²) in [7, 11) is 0. The molecule has 1 aromatic rings. The second-order valence-electron chi connectivity index (χ2n) is 8.38. The minimum Gasteiger partial charge on any atom is -0.396 e. The second kappa shape index (κ2) is 8.39. The van der Waals surface area contributed by atoms with Gasteiger partial charge in [-0.1, -0.05) is 6.07 Å². The monoisotopic (exact) mass is 403 g/mol. The topological polar surface area (TPSA) is 91.3 Å². The number of anilines is 1. The van der Waals surface area contributed by atoms with Crippen molar-refractivity contribution < 1.29 is 24.2 Å². The highest BCUT2D eigenvalue weighted by Crippen LogP contribution is 2.41. The van der Waals surface area contributed by atoms with Gasteiger partial charge >= 0.3 is 0 Å². The number of likely N-dealkylation sites (tertiary alicyclic amines) is 1. The third-order valence-corrected chi connectivity index (χ3v) is 6.35. The van der Waals surface area contributed by atoms with Crippen LogP contribution in [0.15, 0.2) is 18.2 Å². The molecule has 3 aliphatic rings. The number of hydrogen-bond donors (Lipinski definition) is 2. The standard InChI is InChI=1S/C21H29N3O5/c1-15-2-3-16(8-18(15)22-19(26)10-23-4-6-28-7-5-23)20(27)24-9-17-11-29-14-21(17,12-24)13-25/h2-3,8,17,25H,4-7,9-14H2,1H3,(H,22,26)/t17-,21-/m0/s1. The maximum absolute atomic E-state index is 13.1. The molecule has 2 N–H and O–H groups in total. The number of nitrogens with one attached hydrogen (secondary N) is 1. The van der Waals surface area contributed by atoms with Gasteiger partial charge in [-0.25, -0.2) is 0 Å².